The molecule has 1 rings (SSSR count). The summed E-state index contributed by atoms with van der Waals surface area (Å²) >= 11 is 1.38. The van der Waals surface area contributed by atoms with E-state index in [1.165, 1.54) is 6.08 Å². The number of rotatable bonds is 2. The van der Waals surface area contributed by atoms with Crippen molar-refractivity contribution in [1.82, 2.24) is 6.15 Å². The maximum atomic E-state index is 9.53. The fourth-order valence-corrected chi connectivity index (χ4v) is 1.01. The van der Waals surface area contributed by atoms with Crippen molar-refractivity contribution in [2.45, 2.75) is 20.8 Å². The topological polar surface area (TPSA) is 190 Å². The molecule has 0 amide bonds. The Morgan fingerprint density at radius 2 is 1.38 bits per heavy atom. The second-order valence-corrected chi connectivity index (χ2v) is 6.21. The lowest BCUT2D eigenvalue weighted by molar-refractivity contribution is 0.135. The third-order valence-electron chi connectivity index (χ3n) is 0.987. The molecule has 154 valence electrons. The van der Waals surface area contributed by atoms with Gasteiger partial charge in [0.2, 0.25) is 0 Å². The standard InChI is InChI=1S/C6H5Br.C4H10.C3H6O2S.2CH2O3.H3N/c7-6-4-2-1-3-5-6;1-4(2)3;1-2-3-6(4)5;2*2-1(3)4;/h1-5H;4H,1-3H3;2H,1,3H2,(H,4,5);2*(H2,2,3,4);1H3/p-1. The predicted molar refractivity (Wildman–Crippen MR) is 105 cm³/mol. The van der Waals surface area contributed by atoms with Gasteiger partial charge in [0.1, 0.15) is 0 Å². The molecule has 0 spiro atoms. The number of hydrogen-bond donors (Lipinski definition) is 5. The molecule has 0 aliphatic carbocycles. The molecule has 1 aromatic rings. The molecule has 1 atom stereocenters. The van der Waals surface area contributed by atoms with Crippen LogP contribution in [-0.2, 0) is 11.1 Å². The van der Waals surface area contributed by atoms with Gasteiger partial charge in [0.15, 0.2) is 0 Å². The van der Waals surface area contributed by atoms with Crippen LogP contribution in [0.15, 0.2) is 47.5 Å². The molecular formula is C15H27BrNO8S-. The minimum Gasteiger partial charge on any atom is -0.772 e. The number of benzene rings is 1. The van der Waals surface area contributed by atoms with E-state index in [9.17, 15) is 8.76 Å². The maximum absolute atomic E-state index is 9.53. The number of carbonyl (C=O) groups is 2. The van der Waals surface area contributed by atoms with Gasteiger partial charge in [-0.1, -0.05) is 72.1 Å². The molecule has 1 unspecified atom stereocenters. The second kappa shape index (κ2) is 27.9. The quantitative estimate of drug-likeness (QED) is 0.305. The van der Waals surface area contributed by atoms with Crippen LogP contribution in [0.25, 0.3) is 0 Å². The van der Waals surface area contributed by atoms with E-state index in [4.69, 9.17) is 30.0 Å². The zero-order valence-electron chi connectivity index (χ0n) is 14.9. The lowest BCUT2D eigenvalue weighted by atomic mass is 10.3. The summed E-state index contributed by atoms with van der Waals surface area (Å²) in [6.07, 6.45) is -2.33. The van der Waals surface area contributed by atoms with Crippen molar-refractivity contribution < 1.29 is 38.8 Å². The fourth-order valence-electron chi connectivity index (χ4n) is 0.511. The minimum atomic E-state index is -1.93. The molecule has 7 N–H and O–H groups in total. The summed E-state index contributed by atoms with van der Waals surface area (Å²) in [6, 6.07) is 9.97. The summed E-state index contributed by atoms with van der Waals surface area (Å²) in [5.74, 6) is 0.889. The number of hydrogen-bond acceptors (Lipinski definition) is 5. The lowest BCUT2D eigenvalue weighted by Gasteiger charge is -1.94. The Morgan fingerprint density at radius 3 is 1.46 bits per heavy atom. The van der Waals surface area contributed by atoms with Crippen molar-refractivity contribution in [3.8, 4) is 0 Å². The third-order valence-corrected chi connectivity index (χ3v) is 2.02. The van der Waals surface area contributed by atoms with E-state index in [0.29, 0.717) is 0 Å². The highest BCUT2D eigenvalue weighted by Gasteiger charge is 1.74. The van der Waals surface area contributed by atoms with Crippen LogP contribution < -0.4 is 6.15 Å². The van der Waals surface area contributed by atoms with Crippen molar-refractivity contribution in [3.63, 3.8) is 0 Å². The molecule has 0 saturated carbocycles. The van der Waals surface area contributed by atoms with Crippen LogP contribution in [0.1, 0.15) is 20.8 Å². The first-order valence-electron chi connectivity index (χ1n) is 6.57. The van der Waals surface area contributed by atoms with Crippen LogP contribution in [0.4, 0.5) is 9.59 Å². The van der Waals surface area contributed by atoms with Gasteiger partial charge >= 0.3 is 12.3 Å². The Bertz CT molecular complexity index is 449. The van der Waals surface area contributed by atoms with Crippen LogP contribution >= 0.6 is 15.9 Å². The first-order valence-corrected chi connectivity index (χ1v) is 8.61. The molecule has 0 saturated heterocycles. The van der Waals surface area contributed by atoms with Gasteiger partial charge in [-0.25, -0.2) is 9.59 Å². The lowest BCUT2D eigenvalue weighted by Crippen LogP contribution is -1.87. The fraction of sp³-hybridized carbons (Fsp3) is 0.333. The highest BCUT2D eigenvalue weighted by molar-refractivity contribution is 9.10. The normalized spacial score (nSPS) is 8.69. The summed E-state index contributed by atoms with van der Waals surface area (Å²) in [7, 11) is 0. The first kappa shape index (κ1) is 35.2. The van der Waals surface area contributed by atoms with Crippen LogP contribution in [0, 0.1) is 5.92 Å². The van der Waals surface area contributed by atoms with Gasteiger partial charge in [-0.15, -0.1) is 6.58 Å². The monoisotopic (exact) mass is 460 g/mol. The van der Waals surface area contributed by atoms with Crippen molar-refractivity contribution in [2.75, 3.05) is 5.75 Å². The van der Waals surface area contributed by atoms with Gasteiger partial charge in [-0.3, -0.25) is 4.21 Å². The number of halogens is 1. The Balaban J connectivity index is -0.0000000719. The van der Waals surface area contributed by atoms with Crippen molar-refractivity contribution in [2.24, 2.45) is 5.92 Å². The van der Waals surface area contributed by atoms with Crippen LogP contribution in [0.2, 0.25) is 0 Å². The van der Waals surface area contributed by atoms with Crippen LogP contribution in [0.3, 0.4) is 0 Å². The number of carboxylic acid groups (broad SMARTS) is 4. The highest BCUT2D eigenvalue weighted by atomic mass is 79.9. The Morgan fingerprint density at radius 1 is 1.12 bits per heavy atom. The zero-order valence-corrected chi connectivity index (χ0v) is 17.3. The Hall–Kier alpha value is -1.95. The smallest absolute Gasteiger partial charge is 0.503 e. The third kappa shape index (κ3) is 119. The van der Waals surface area contributed by atoms with Gasteiger partial charge in [-0.05, 0) is 18.1 Å². The van der Waals surface area contributed by atoms with E-state index in [1.807, 2.05) is 30.3 Å². The molecule has 0 heterocycles. The first-order chi connectivity index (χ1) is 11.4. The predicted octanol–water partition coefficient (Wildman–Crippen LogP) is 4.77. The summed E-state index contributed by atoms with van der Waals surface area (Å²) in [6.45, 7) is 9.71. The van der Waals surface area contributed by atoms with Gasteiger partial charge in [0, 0.05) is 10.2 Å². The van der Waals surface area contributed by atoms with E-state index < -0.39 is 23.4 Å². The molecule has 26 heavy (non-hydrogen) atoms. The summed E-state index contributed by atoms with van der Waals surface area (Å²) < 4.78 is 20.2. The molecule has 0 aromatic heterocycles. The SMILES string of the molecule is Brc1ccccc1.C=CCS(=O)[O-].CC(C)C.N.O=C(O)O.O=C(O)O. The maximum Gasteiger partial charge on any atom is 0.503 e. The Labute approximate surface area is 164 Å². The van der Waals surface area contributed by atoms with E-state index in [1.54, 1.807) is 0 Å². The molecule has 9 nitrogen and oxygen atoms in total. The van der Waals surface area contributed by atoms with E-state index in [0.717, 1.165) is 10.4 Å². The summed E-state index contributed by atoms with van der Waals surface area (Å²) in [4.78, 5) is 17.1. The molecule has 1 aromatic carbocycles. The molecule has 0 bridgehead atoms. The molecule has 0 fully saturated rings. The molecule has 11 heteroatoms. The van der Waals surface area contributed by atoms with Gasteiger partial charge < -0.3 is 31.1 Å². The minimum absolute atomic E-state index is 0. The highest BCUT2D eigenvalue weighted by Crippen LogP contribution is 2.05. The van der Waals surface area contributed by atoms with E-state index in [-0.39, 0.29) is 11.9 Å². The van der Waals surface area contributed by atoms with Gasteiger partial charge in [0.05, 0.1) is 0 Å². The van der Waals surface area contributed by atoms with Crippen LogP contribution in [0.5, 0.6) is 0 Å². The largest absolute Gasteiger partial charge is 0.772 e. The Kier molecular flexibility index (Phi) is 37.8. The summed E-state index contributed by atoms with van der Waals surface area (Å²) in [5.41, 5.74) is 0. The van der Waals surface area contributed by atoms with E-state index in [2.05, 4.69) is 43.3 Å². The molecule has 0 aliphatic rings. The molecule has 0 aliphatic heterocycles. The van der Waals surface area contributed by atoms with Crippen molar-refractivity contribution in [1.29, 1.82) is 0 Å². The van der Waals surface area contributed by atoms with Gasteiger partial charge in [0.25, 0.3) is 0 Å². The summed E-state index contributed by atoms with van der Waals surface area (Å²) in [5, 5.41) is 27.9. The van der Waals surface area contributed by atoms with E-state index >= 15 is 0 Å². The average Bonchev–Trinajstić information content (AvgIpc) is 2.37. The molecule has 0 radical (unpaired) electrons. The second-order valence-electron chi connectivity index (χ2n) is 4.35. The zero-order chi connectivity index (χ0) is 20.8. The van der Waals surface area contributed by atoms with Gasteiger partial charge in [-0.2, -0.15) is 0 Å². The van der Waals surface area contributed by atoms with Crippen molar-refractivity contribution in [3.05, 3.63) is 47.5 Å². The van der Waals surface area contributed by atoms with Crippen LogP contribution in [-0.4, -0.2) is 47.3 Å². The molecular weight excluding hydrogens is 434 g/mol. The van der Waals surface area contributed by atoms with Crippen molar-refractivity contribution >= 4 is 39.3 Å². The average molecular weight is 461 g/mol.